The van der Waals surface area contributed by atoms with Gasteiger partial charge in [0.1, 0.15) is 0 Å². The number of unbranched alkanes of at least 4 members (excludes halogenated alkanes) is 15. The van der Waals surface area contributed by atoms with Gasteiger partial charge < -0.3 is 10.4 Å². The molecule has 0 aliphatic heterocycles. The summed E-state index contributed by atoms with van der Waals surface area (Å²) in [7, 11) is 9.78. The predicted molar refractivity (Wildman–Crippen MR) is 150 cm³/mol. The summed E-state index contributed by atoms with van der Waals surface area (Å²) in [5, 5.41) is 13.4. The van der Waals surface area contributed by atoms with Crippen molar-refractivity contribution in [3.63, 3.8) is 0 Å². The third-order valence-electron chi connectivity index (χ3n) is 6.14. The van der Waals surface area contributed by atoms with Gasteiger partial charge in [-0.15, -0.1) is 13.1 Å². The molecular formula is C28H60Cl2NOTi-. The van der Waals surface area contributed by atoms with Crippen molar-refractivity contribution >= 4 is 18.6 Å². The zero-order valence-electron chi connectivity index (χ0n) is 23.0. The molecule has 0 aromatic rings. The Labute approximate surface area is 226 Å². The fraction of sp³-hybridized carbons (Fsp3) is 1.00. The summed E-state index contributed by atoms with van der Waals surface area (Å²) >= 11 is -0.556. The summed E-state index contributed by atoms with van der Waals surface area (Å²) in [5.41, 5.74) is 0. The van der Waals surface area contributed by atoms with Crippen LogP contribution < -0.4 is 0 Å². The van der Waals surface area contributed by atoms with Crippen molar-refractivity contribution in [3.05, 3.63) is 5.32 Å². The van der Waals surface area contributed by atoms with E-state index in [0.717, 1.165) is 19.5 Å². The standard InChI is InChI=1S/C20H42N.C8H18O.2ClH.Ti/c1-3-5-7-9-11-13-15-17-19-21-20-18-16-14-12-10-8-6-4-2;1-3-5-6-8(4-2)7-9;;;/h3-20H2,1-2H3;8-9H,3-7H2,1-2H3;2*1H;/q-1;;;;+2/p-2. The average molecular weight is 546 g/mol. The van der Waals surface area contributed by atoms with Crippen LogP contribution in [0.4, 0.5) is 0 Å². The molecule has 0 saturated carbocycles. The van der Waals surface area contributed by atoms with Gasteiger partial charge in [0.2, 0.25) is 0 Å². The maximum atomic E-state index is 8.75. The van der Waals surface area contributed by atoms with Crippen LogP contribution in [0.1, 0.15) is 156 Å². The molecule has 2 nitrogen and oxygen atoms in total. The Morgan fingerprint density at radius 1 is 0.576 bits per heavy atom. The first-order chi connectivity index (χ1) is 16.2. The van der Waals surface area contributed by atoms with Gasteiger partial charge in [0.05, 0.1) is 0 Å². The Balaban J connectivity index is -0.000000620. The van der Waals surface area contributed by atoms with Gasteiger partial charge in [-0.05, 0) is 12.3 Å². The first-order valence-electron chi connectivity index (χ1n) is 14.4. The number of aliphatic hydroxyl groups is 1. The van der Waals surface area contributed by atoms with Crippen LogP contribution in [-0.4, -0.2) is 24.8 Å². The van der Waals surface area contributed by atoms with E-state index in [1.165, 1.54) is 122 Å². The van der Waals surface area contributed by atoms with Crippen LogP contribution in [0.2, 0.25) is 0 Å². The van der Waals surface area contributed by atoms with Crippen LogP contribution in [0.3, 0.4) is 0 Å². The van der Waals surface area contributed by atoms with Crippen molar-refractivity contribution < 1.29 is 22.1 Å². The Morgan fingerprint density at radius 3 is 1.21 bits per heavy atom. The van der Waals surface area contributed by atoms with Crippen LogP contribution >= 0.6 is 18.6 Å². The molecule has 33 heavy (non-hydrogen) atoms. The molecule has 0 aliphatic rings. The van der Waals surface area contributed by atoms with E-state index < -0.39 is 17.0 Å². The zero-order valence-corrected chi connectivity index (χ0v) is 26.1. The zero-order chi connectivity index (χ0) is 25.3. The summed E-state index contributed by atoms with van der Waals surface area (Å²) in [6.07, 6.45) is 27.4. The SMILES string of the molecule is CCCCC(CC)CO.CCCCCCCCCC[N-]CCCCCCCCCC.[Cl][Ti][Cl]. The molecule has 0 rings (SSSR count). The first-order valence-corrected chi connectivity index (χ1v) is 18.7. The summed E-state index contributed by atoms with van der Waals surface area (Å²) < 4.78 is 0. The summed E-state index contributed by atoms with van der Waals surface area (Å²) in [5.74, 6) is 0.560. The van der Waals surface area contributed by atoms with E-state index in [2.05, 4.69) is 33.0 Å². The number of rotatable bonds is 23. The molecule has 0 heterocycles. The van der Waals surface area contributed by atoms with E-state index in [1.54, 1.807) is 0 Å². The second-order valence-electron chi connectivity index (χ2n) is 9.29. The Morgan fingerprint density at radius 2 is 0.909 bits per heavy atom. The van der Waals surface area contributed by atoms with Gasteiger partial charge in [-0.3, -0.25) is 0 Å². The van der Waals surface area contributed by atoms with Crippen molar-refractivity contribution in [3.8, 4) is 0 Å². The number of nitrogens with zero attached hydrogens (tertiary/aromatic N) is 1. The van der Waals surface area contributed by atoms with E-state index >= 15 is 0 Å². The van der Waals surface area contributed by atoms with Gasteiger partial charge >= 0.3 is 35.6 Å². The molecule has 0 amide bonds. The van der Waals surface area contributed by atoms with Gasteiger partial charge in [0, 0.05) is 6.61 Å². The minimum absolute atomic E-state index is 0.372. The van der Waals surface area contributed by atoms with Gasteiger partial charge in [0.15, 0.2) is 0 Å². The van der Waals surface area contributed by atoms with Crippen molar-refractivity contribution in [1.29, 1.82) is 0 Å². The Bertz CT molecular complexity index is 277. The molecule has 5 heteroatoms. The molecule has 0 bridgehead atoms. The second kappa shape index (κ2) is 40.4. The minimum atomic E-state index is -0.556. The molecule has 0 aliphatic carbocycles. The molecule has 0 spiro atoms. The normalized spacial score (nSPS) is 11.2. The van der Waals surface area contributed by atoms with Crippen molar-refractivity contribution in [2.75, 3.05) is 19.7 Å². The van der Waals surface area contributed by atoms with Gasteiger partial charge in [-0.2, -0.15) is 0 Å². The van der Waals surface area contributed by atoms with Gasteiger partial charge in [-0.25, -0.2) is 0 Å². The average Bonchev–Trinajstić information content (AvgIpc) is 2.83. The third-order valence-corrected chi connectivity index (χ3v) is 6.14. The fourth-order valence-corrected chi connectivity index (χ4v) is 3.74. The first kappa shape index (κ1) is 38.7. The maximum absolute atomic E-state index is 8.75. The van der Waals surface area contributed by atoms with Crippen molar-refractivity contribution in [2.45, 2.75) is 156 Å². The fourth-order valence-electron chi connectivity index (χ4n) is 3.74. The molecule has 0 aromatic heterocycles. The summed E-state index contributed by atoms with van der Waals surface area (Å²) in [6, 6.07) is 0. The van der Waals surface area contributed by atoms with Gasteiger partial charge in [0.25, 0.3) is 0 Å². The van der Waals surface area contributed by atoms with Crippen LogP contribution in [0.15, 0.2) is 0 Å². The van der Waals surface area contributed by atoms with E-state index in [-0.39, 0.29) is 0 Å². The van der Waals surface area contributed by atoms with Crippen LogP contribution in [-0.2, 0) is 17.0 Å². The Hall–Kier alpha value is 1.21. The van der Waals surface area contributed by atoms with E-state index in [0.29, 0.717) is 12.5 Å². The van der Waals surface area contributed by atoms with Crippen molar-refractivity contribution in [2.24, 2.45) is 5.92 Å². The monoisotopic (exact) mass is 544 g/mol. The second-order valence-corrected chi connectivity index (χ2v) is 11.9. The summed E-state index contributed by atoms with van der Waals surface area (Å²) in [6.45, 7) is 11.5. The number of halogens is 2. The molecule has 202 valence electrons. The topological polar surface area (TPSA) is 34.3 Å². The van der Waals surface area contributed by atoms with Crippen LogP contribution in [0.25, 0.3) is 5.32 Å². The quantitative estimate of drug-likeness (QED) is 0.101. The van der Waals surface area contributed by atoms with Crippen LogP contribution in [0, 0.1) is 5.92 Å². The van der Waals surface area contributed by atoms with Crippen LogP contribution in [0.5, 0.6) is 0 Å². The molecular weight excluding hydrogens is 485 g/mol. The molecule has 0 saturated heterocycles. The molecule has 1 N–H and O–H groups in total. The number of aliphatic hydroxyl groups excluding tert-OH is 1. The number of hydrogen-bond acceptors (Lipinski definition) is 1. The van der Waals surface area contributed by atoms with Crippen molar-refractivity contribution in [1.82, 2.24) is 0 Å². The Kier molecular flexibility index (Phi) is 47.4. The molecule has 0 radical (unpaired) electrons. The van der Waals surface area contributed by atoms with Gasteiger partial charge in [-0.1, -0.05) is 150 Å². The van der Waals surface area contributed by atoms with E-state index in [1.807, 2.05) is 0 Å². The number of hydrogen-bond donors (Lipinski definition) is 1. The molecule has 0 aromatic carbocycles. The molecule has 1 unspecified atom stereocenters. The van der Waals surface area contributed by atoms with E-state index in [9.17, 15) is 0 Å². The van der Waals surface area contributed by atoms with E-state index in [4.69, 9.17) is 23.7 Å². The third kappa shape index (κ3) is 43.7. The molecule has 0 fully saturated rings. The summed E-state index contributed by atoms with van der Waals surface area (Å²) in [4.78, 5) is 0. The predicted octanol–water partition coefficient (Wildman–Crippen LogP) is 11.2. The molecule has 1 atom stereocenters.